The molecule has 0 radical (unpaired) electrons. The highest BCUT2D eigenvalue weighted by Gasteiger charge is 2.13. The van der Waals surface area contributed by atoms with Crippen LogP contribution in [0.25, 0.3) is 0 Å². The minimum atomic E-state index is -0.475. The van der Waals surface area contributed by atoms with Gasteiger partial charge in [0, 0.05) is 30.5 Å². The maximum atomic E-state index is 12.2. The van der Waals surface area contributed by atoms with Crippen LogP contribution < -0.4 is 5.32 Å². The number of methoxy groups -OCH3 is 1. The summed E-state index contributed by atoms with van der Waals surface area (Å²) in [6.45, 7) is 2.17. The van der Waals surface area contributed by atoms with Crippen molar-refractivity contribution in [2.75, 3.05) is 12.4 Å². The lowest BCUT2D eigenvalue weighted by Crippen LogP contribution is -2.16. The number of amides is 1. The third-order valence-corrected chi connectivity index (χ3v) is 3.36. The molecule has 0 saturated carbocycles. The number of aryl methyl sites for hydroxylation is 1. The summed E-state index contributed by atoms with van der Waals surface area (Å²) >= 11 is 0. The Morgan fingerprint density at radius 3 is 2.52 bits per heavy atom. The summed E-state index contributed by atoms with van der Waals surface area (Å²) in [5, 5.41) is 13.6. The van der Waals surface area contributed by atoms with Gasteiger partial charge in [0.25, 0.3) is 5.69 Å². The number of nitrogens with one attached hydrogen (secondary N) is 1. The number of benzene rings is 2. The number of carbonyl (C=O) groups is 1. The number of nitro benzene ring substituents is 1. The highest BCUT2D eigenvalue weighted by Crippen LogP contribution is 2.23. The van der Waals surface area contributed by atoms with Gasteiger partial charge >= 0.3 is 0 Å². The van der Waals surface area contributed by atoms with Gasteiger partial charge in [-0.15, -0.1) is 0 Å². The predicted octanol–water partition coefficient (Wildman–Crippen LogP) is 3.23. The second kappa shape index (κ2) is 7.51. The van der Waals surface area contributed by atoms with Crippen LogP contribution in [0.1, 0.15) is 16.7 Å². The van der Waals surface area contributed by atoms with Crippen molar-refractivity contribution in [2.45, 2.75) is 20.0 Å². The summed E-state index contributed by atoms with van der Waals surface area (Å²) in [5.74, 6) is -0.181. The molecule has 0 unspecified atom stereocenters. The van der Waals surface area contributed by atoms with Gasteiger partial charge in [0.05, 0.1) is 18.0 Å². The van der Waals surface area contributed by atoms with E-state index in [2.05, 4.69) is 5.32 Å². The maximum absolute atomic E-state index is 12.2. The van der Waals surface area contributed by atoms with Gasteiger partial charge in [-0.2, -0.15) is 0 Å². The number of carbonyl (C=O) groups excluding carboxylic acids is 1. The van der Waals surface area contributed by atoms with Crippen LogP contribution in [-0.4, -0.2) is 17.9 Å². The highest BCUT2D eigenvalue weighted by atomic mass is 16.6. The largest absolute Gasteiger partial charge is 0.380 e. The molecular weight excluding hydrogens is 296 g/mol. The van der Waals surface area contributed by atoms with E-state index in [-0.39, 0.29) is 24.6 Å². The molecule has 0 heterocycles. The van der Waals surface area contributed by atoms with Crippen molar-refractivity contribution in [3.63, 3.8) is 0 Å². The van der Waals surface area contributed by atoms with Crippen molar-refractivity contribution in [3.8, 4) is 0 Å². The van der Waals surface area contributed by atoms with Crippen molar-refractivity contribution in [1.82, 2.24) is 0 Å². The molecule has 0 atom stereocenters. The zero-order valence-electron chi connectivity index (χ0n) is 13.0. The molecule has 0 fully saturated rings. The van der Waals surface area contributed by atoms with Gasteiger partial charge < -0.3 is 10.1 Å². The second-order valence-corrected chi connectivity index (χ2v) is 5.24. The van der Waals surface area contributed by atoms with Crippen LogP contribution in [0.15, 0.2) is 42.5 Å². The molecule has 0 aromatic heterocycles. The van der Waals surface area contributed by atoms with E-state index < -0.39 is 4.92 Å². The molecule has 6 nitrogen and oxygen atoms in total. The average Bonchev–Trinajstić information content (AvgIpc) is 2.51. The Hall–Kier alpha value is -2.73. The van der Waals surface area contributed by atoms with Crippen LogP contribution in [0.5, 0.6) is 0 Å². The zero-order chi connectivity index (χ0) is 16.8. The molecular formula is C17H18N2O4. The van der Waals surface area contributed by atoms with E-state index in [4.69, 9.17) is 4.74 Å². The zero-order valence-corrected chi connectivity index (χ0v) is 13.0. The van der Waals surface area contributed by atoms with Crippen molar-refractivity contribution >= 4 is 17.3 Å². The topological polar surface area (TPSA) is 81.5 Å². The third kappa shape index (κ3) is 4.62. The molecule has 1 amide bonds. The minimum Gasteiger partial charge on any atom is -0.380 e. The first-order valence-electron chi connectivity index (χ1n) is 7.11. The second-order valence-electron chi connectivity index (χ2n) is 5.24. The molecule has 0 bridgehead atoms. The van der Waals surface area contributed by atoms with E-state index in [0.717, 1.165) is 11.1 Å². The normalized spacial score (nSPS) is 10.3. The lowest BCUT2D eigenvalue weighted by molar-refractivity contribution is -0.384. The van der Waals surface area contributed by atoms with E-state index in [1.165, 1.54) is 25.3 Å². The maximum Gasteiger partial charge on any atom is 0.269 e. The summed E-state index contributed by atoms with van der Waals surface area (Å²) in [7, 11) is 1.50. The lowest BCUT2D eigenvalue weighted by atomic mass is 10.1. The Balaban J connectivity index is 2.13. The fourth-order valence-corrected chi connectivity index (χ4v) is 2.18. The van der Waals surface area contributed by atoms with E-state index in [1.54, 1.807) is 0 Å². The van der Waals surface area contributed by atoms with Crippen LogP contribution in [0, 0.1) is 17.0 Å². The molecule has 1 N–H and O–H groups in total. The van der Waals surface area contributed by atoms with Gasteiger partial charge in [0.1, 0.15) is 0 Å². The molecule has 2 aromatic carbocycles. The Morgan fingerprint density at radius 2 is 1.91 bits per heavy atom. The summed E-state index contributed by atoms with van der Waals surface area (Å²) in [6.07, 6.45) is 0.240. The van der Waals surface area contributed by atoms with Gasteiger partial charge in [0.2, 0.25) is 5.91 Å². The van der Waals surface area contributed by atoms with E-state index in [0.29, 0.717) is 11.3 Å². The Bertz CT molecular complexity index is 711. The third-order valence-electron chi connectivity index (χ3n) is 3.36. The first kappa shape index (κ1) is 16.6. The molecule has 0 spiro atoms. The number of nitrogens with zero attached hydrogens (tertiary/aromatic N) is 1. The Kier molecular flexibility index (Phi) is 5.43. The number of rotatable bonds is 6. The number of hydrogen-bond acceptors (Lipinski definition) is 4. The van der Waals surface area contributed by atoms with Crippen molar-refractivity contribution in [2.24, 2.45) is 0 Å². The van der Waals surface area contributed by atoms with Gasteiger partial charge in [-0.1, -0.05) is 29.8 Å². The highest BCUT2D eigenvalue weighted by molar-refractivity contribution is 5.93. The quantitative estimate of drug-likeness (QED) is 0.655. The van der Waals surface area contributed by atoms with Gasteiger partial charge in [-0.05, 0) is 18.6 Å². The summed E-state index contributed by atoms with van der Waals surface area (Å²) in [6, 6.07) is 12.0. The molecule has 0 aliphatic rings. The van der Waals surface area contributed by atoms with E-state index >= 15 is 0 Å². The average molecular weight is 314 g/mol. The Labute approximate surface area is 134 Å². The van der Waals surface area contributed by atoms with Crippen LogP contribution in [-0.2, 0) is 22.6 Å². The van der Waals surface area contributed by atoms with Crippen molar-refractivity contribution in [3.05, 3.63) is 69.3 Å². The molecule has 0 aliphatic carbocycles. The predicted molar refractivity (Wildman–Crippen MR) is 87.3 cm³/mol. The van der Waals surface area contributed by atoms with Crippen LogP contribution in [0.2, 0.25) is 0 Å². The molecule has 120 valence electrons. The van der Waals surface area contributed by atoms with Crippen molar-refractivity contribution < 1.29 is 14.5 Å². The standard InChI is InChI=1S/C17H18N2O4/c1-12-3-5-13(6-4-12)9-17(20)18-16-8-7-15(19(21)22)10-14(16)11-23-2/h3-8,10H,9,11H2,1-2H3,(H,18,20). The van der Waals surface area contributed by atoms with E-state index in [9.17, 15) is 14.9 Å². The van der Waals surface area contributed by atoms with E-state index in [1.807, 2.05) is 31.2 Å². The van der Waals surface area contributed by atoms with Gasteiger partial charge in [-0.3, -0.25) is 14.9 Å². The molecule has 0 saturated heterocycles. The SMILES string of the molecule is COCc1cc([N+](=O)[O-])ccc1NC(=O)Cc1ccc(C)cc1. The lowest BCUT2D eigenvalue weighted by Gasteiger charge is -2.11. The van der Waals surface area contributed by atoms with Gasteiger partial charge in [0.15, 0.2) is 0 Å². The number of ether oxygens (including phenoxy) is 1. The first-order chi connectivity index (χ1) is 11.0. The molecule has 6 heteroatoms. The monoisotopic (exact) mass is 314 g/mol. The van der Waals surface area contributed by atoms with Crippen LogP contribution >= 0.6 is 0 Å². The minimum absolute atomic E-state index is 0.0337. The molecule has 2 rings (SSSR count). The summed E-state index contributed by atoms with van der Waals surface area (Å²) in [4.78, 5) is 22.5. The molecule has 0 aliphatic heterocycles. The van der Waals surface area contributed by atoms with Crippen LogP contribution in [0.4, 0.5) is 11.4 Å². The fourth-order valence-electron chi connectivity index (χ4n) is 2.18. The number of non-ortho nitro benzene ring substituents is 1. The van der Waals surface area contributed by atoms with Crippen LogP contribution in [0.3, 0.4) is 0 Å². The van der Waals surface area contributed by atoms with Crippen molar-refractivity contribution in [1.29, 1.82) is 0 Å². The fraction of sp³-hybridized carbons (Fsp3) is 0.235. The first-order valence-corrected chi connectivity index (χ1v) is 7.11. The van der Waals surface area contributed by atoms with Gasteiger partial charge in [-0.25, -0.2) is 0 Å². The summed E-state index contributed by atoms with van der Waals surface area (Å²) in [5.41, 5.74) is 3.09. The number of hydrogen-bond donors (Lipinski definition) is 1. The molecule has 2 aromatic rings. The molecule has 23 heavy (non-hydrogen) atoms. The Morgan fingerprint density at radius 1 is 1.22 bits per heavy atom. The smallest absolute Gasteiger partial charge is 0.269 e. The summed E-state index contributed by atoms with van der Waals surface area (Å²) < 4.78 is 5.04. The number of anilines is 1. The number of nitro groups is 1.